The van der Waals surface area contributed by atoms with Crippen molar-refractivity contribution in [3.05, 3.63) is 72.3 Å². The van der Waals surface area contributed by atoms with Crippen LogP contribution in [0, 0.1) is 0 Å². The number of aromatic nitrogens is 8. The van der Waals surface area contributed by atoms with Gasteiger partial charge in [-0.1, -0.05) is 18.2 Å². The second kappa shape index (κ2) is 8.48. The van der Waals surface area contributed by atoms with Crippen LogP contribution in [0.15, 0.2) is 55.2 Å². The third-order valence-electron chi connectivity index (χ3n) is 8.62. The average molecular weight is 521 g/mol. The van der Waals surface area contributed by atoms with E-state index in [1.165, 1.54) is 6.33 Å². The van der Waals surface area contributed by atoms with Gasteiger partial charge >= 0.3 is 0 Å². The Bertz CT molecular complexity index is 1670. The zero-order valence-electron chi connectivity index (χ0n) is 21.3. The minimum atomic E-state index is -0.0581. The van der Waals surface area contributed by atoms with Crippen LogP contribution in [0.25, 0.3) is 22.5 Å². The SMILES string of the molecule is Nc1c(C2CC2)c(C2CC3CCC(C2)N3C(=O)c2ncn[nH]2)nc2c(-c3cnn(-c4ccccc4)c3)cnn12. The third kappa shape index (κ3) is 3.56. The molecule has 0 radical (unpaired) electrons. The Morgan fingerprint density at radius 2 is 1.77 bits per heavy atom. The molecule has 2 saturated heterocycles. The Balaban J connectivity index is 1.18. The monoisotopic (exact) mass is 520 g/mol. The number of nitrogens with two attached hydrogens (primary N) is 1. The van der Waals surface area contributed by atoms with Gasteiger partial charge in [-0.05, 0) is 56.6 Å². The van der Waals surface area contributed by atoms with E-state index in [9.17, 15) is 4.79 Å². The predicted molar refractivity (Wildman–Crippen MR) is 143 cm³/mol. The molecule has 3 N–H and O–H groups in total. The van der Waals surface area contributed by atoms with Crippen molar-refractivity contribution in [1.29, 1.82) is 0 Å². The van der Waals surface area contributed by atoms with Crippen LogP contribution in [-0.2, 0) is 0 Å². The molecule has 11 nitrogen and oxygen atoms in total. The number of carbonyl (C=O) groups excluding carboxylic acids is 1. The minimum Gasteiger partial charge on any atom is -0.383 e. The molecule has 3 fully saturated rings. The van der Waals surface area contributed by atoms with Crippen LogP contribution in [-0.4, -0.2) is 62.5 Å². The van der Waals surface area contributed by atoms with Gasteiger partial charge in [0.15, 0.2) is 5.65 Å². The number of hydrogen-bond donors (Lipinski definition) is 2. The summed E-state index contributed by atoms with van der Waals surface area (Å²) >= 11 is 0. The molecule has 1 aliphatic carbocycles. The van der Waals surface area contributed by atoms with Gasteiger partial charge in [-0.2, -0.15) is 19.8 Å². The van der Waals surface area contributed by atoms with Gasteiger partial charge in [-0.25, -0.2) is 14.6 Å². The quantitative estimate of drug-likeness (QED) is 0.360. The number of hydrogen-bond acceptors (Lipinski definition) is 7. The van der Waals surface area contributed by atoms with E-state index in [4.69, 9.17) is 10.7 Å². The first-order chi connectivity index (χ1) is 19.2. The molecule has 2 bridgehead atoms. The van der Waals surface area contributed by atoms with Gasteiger partial charge in [0.1, 0.15) is 12.1 Å². The van der Waals surface area contributed by atoms with Gasteiger partial charge in [0.2, 0.25) is 5.82 Å². The normalized spacial score (nSPS) is 22.6. The summed E-state index contributed by atoms with van der Waals surface area (Å²) in [7, 11) is 0. The number of anilines is 1. The summed E-state index contributed by atoms with van der Waals surface area (Å²) in [6.07, 6.45) is 13.1. The van der Waals surface area contributed by atoms with Gasteiger partial charge in [-0.3, -0.25) is 9.89 Å². The highest BCUT2D eigenvalue weighted by atomic mass is 16.2. The zero-order valence-corrected chi connectivity index (χ0v) is 21.3. The first-order valence-corrected chi connectivity index (χ1v) is 13.6. The molecule has 0 spiro atoms. The molecule has 1 amide bonds. The Morgan fingerprint density at radius 1 is 0.974 bits per heavy atom. The molecular weight excluding hydrogens is 492 g/mol. The minimum absolute atomic E-state index is 0.0581. The number of amides is 1. The molecular formula is C28H28N10O. The number of nitrogen functional groups attached to an aromatic ring is 1. The van der Waals surface area contributed by atoms with Crippen molar-refractivity contribution in [2.45, 2.75) is 62.4 Å². The summed E-state index contributed by atoms with van der Waals surface area (Å²) in [4.78, 5) is 24.6. The van der Waals surface area contributed by atoms with E-state index >= 15 is 0 Å². The Hall–Kier alpha value is -4.54. The van der Waals surface area contributed by atoms with Crippen LogP contribution < -0.4 is 5.73 Å². The number of rotatable bonds is 5. The van der Waals surface area contributed by atoms with Crippen molar-refractivity contribution in [2.24, 2.45) is 0 Å². The Labute approximate surface area is 224 Å². The Kier molecular flexibility index (Phi) is 4.88. The third-order valence-corrected chi connectivity index (χ3v) is 8.62. The molecule has 11 heteroatoms. The summed E-state index contributed by atoms with van der Waals surface area (Å²) in [6, 6.07) is 10.4. The van der Waals surface area contributed by atoms with Gasteiger partial charge in [0, 0.05) is 40.9 Å². The fourth-order valence-electron chi connectivity index (χ4n) is 6.70. The van der Waals surface area contributed by atoms with Crippen molar-refractivity contribution < 1.29 is 4.79 Å². The summed E-state index contributed by atoms with van der Waals surface area (Å²) in [5.41, 5.74) is 12.7. The Morgan fingerprint density at radius 3 is 2.49 bits per heavy atom. The number of fused-ring (bicyclic) bond motifs is 3. The van der Waals surface area contributed by atoms with E-state index in [1.54, 1.807) is 4.52 Å². The standard InChI is InChI=1S/C28H28N10O/c29-25-23(16-6-7-16)24(17-10-20-8-9-21(11-17)37(20)28(39)26-30-15-31-35-26)34-27-22(13-33-38(25)27)18-12-32-36(14-18)19-4-2-1-3-5-19/h1-5,12-17,20-21H,6-11,29H2,(H,30,31,35). The molecule has 2 atom stereocenters. The van der Waals surface area contributed by atoms with E-state index in [0.29, 0.717) is 17.6 Å². The van der Waals surface area contributed by atoms with E-state index < -0.39 is 0 Å². The molecule has 5 aromatic rings. The highest BCUT2D eigenvalue weighted by molar-refractivity contribution is 5.91. The number of para-hydroxylation sites is 1. The highest BCUT2D eigenvalue weighted by Gasteiger charge is 2.46. The van der Waals surface area contributed by atoms with Crippen LogP contribution in [0.5, 0.6) is 0 Å². The molecule has 6 heterocycles. The lowest BCUT2D eigenvalue weighted by molar-refractivity contribution is 0.0557. The average Bonchev–Trinajstić information content (AvgIpc) is 3.35. The summed E-state index contributed by atoms with van der Waals surface area (Å²) < 4.78 is 3.66. The number of nitrogens with one attached hydrogen (secondary N) is 1. The molecule has 3 aliphatic rings. The smallest absolute Gasteiger partial charge is 0.291 e. The number of H-pyrrole nitrogens is 1. The number of piperidine rings is 1. The van der Waals surface area contributed by atoms with E-state index in [-0.39, 0.29) is 23.9 Å². The van der Waals surface area contributed by atoms with Gasteiger partial charge < -0.3 is 10.6 Å². The maximum atomic E-state index is 13.2. The molecule has 8 rings (SSSR count). The number of aromatic amines is 1. The summed E-state index contributed by atoms with van der Waals surface area (Å²) in [5.74, 6) is 1.60. The molecule has 2 unspecified atom stereocenters. The number of carbonyl (C=O) groups is 1. The topological polar surface area (TPSA) is 136 Å². The van der Waals surface area contributed by atoms with Crippen LogP contribution in [0.4, 0.5) is 5.82 Å². The second-order valence-corrected chi connectivity index (χ2v) is 11.0. The van der Waals surface area contributed by atoms with Crippen LogP contribution >= 0.6 is 0 Å². The maximum absolute atomic E-state index is 13.2. The van der Waals surface area contributed by atoms with Crippen LogP contribution in [0.3, 0.4) is 0 Å². The van der Waals surface area contributed by atoms with E-state index in [1.807, 2.05) is 58.5 Å². The predicted octanol–water partition coefficient (Wildman–Crippen LogP) is 3.71. The van der Waals surface area contributed by atoms with Crippen molar-refractivity contribution in [2.75, 3.05) is 5.73 Å². The summed E-state index contributed by atoms with van der Waals surface area (Å²) in [5, 5.41) is 15.9. The van der Waals surface area contributed by atoms with E-state index in [2.05, 4.69) is 25.4 Å². The lowest BCUT2D eigenvalue weighted by Gasteiger charge is -2.39. The van der Waals surface area contributed by atoms with Crippen LogP contribution in [0.2, 0.25) is 0 Å². The van der Waals surface area contributed by atoms with Gasteiger partial charge in [-0.15, -0.1) is 0 Å². The first-order valence-electron chi connectivity index (χ1n) is 13.6. The molecule has 2 aliphatic heterocycles. The van der Waals surface area contributed by atoms with Crippen molar-refractivity contribution >= 4 is 17.4 Å². The zero-order chi connectivity index (χ0) is 26.1. The maximum Gasteiger partial charge on any atom is 0.291 e. The van der Waals surface area contributed by atoms with Crippen molar-refractivity contribution in [3.63, 3.8) is 0 Å². The lowest BCUT2D eigenvalue weighted by Crippen LogP contribution is -2.46. The highest BCUT2D eigenvalue weighted by Crippen LogP contribution is 2.50. The summed E-state index contributed by atoms with van der Waals surface area (Å²) in [6.45, 7) is 0. The molecule has 4 aromatic heterocycles. The lowest BCUT2D eigenvalue weighted by atomic mass is 9.85. The fraction of sp³-hybridized carbons (Fsp3) is 0.357. The first kappa shape index (κ1) is 22.4. The second-order valence-electron chi connectivity index (χ2n) is 11.0. The number of nitrogens with zero attached hydrogens (tertiary/aromatic N) is 8. The van der Waals surface area contributed by atoms with Crippen LogP contribution in [0.1, 0.15) is 72.2 Å². The van der Waals surface area contributed by atoms with E-state index in [0.717, 1.165) is 72.2 Å². The largest absolute Gasteiger partial charge is 0.383 e. The van der Waals surface area contributed by atoms with Crippen molar-refractivity contribution in [1.82, 2.24) is 44.5 Å². The van der Waals surface area contributed by atoms with Crippen molar-refractivity contribution in [3.8, 4) is 16.8 Å². The fourth-order valence-corrected chi connectivity index (χ4v) is 6.70. The van der Waals surface area contributed by atoms with Gasteiger partial charge in [0.25, 0.3) is 5.91 Å². The molecule has 39 heavy (non-hydrogen) atoms. The molecule has 1 saturated carbocycles. The molecule has 1 aromatic carbocycles. The van der Waals surface area contributed by atoms with Gasteiger partial charge in [0.05, 0.1) is 23.8 Å². The molecule has 196 valence electrons. The number of benzene rings is 1.